The van der Waals surface area contributed by atoms with Gasteiger partial charge in [0.25, 0.3) is 0 Å². The Morgan fingerprint density at radius 3 is 1.56 bits per heavy atom. The summed E-state index contributed by atoms with van der Waals surface area (Å²) in [5, 5.41) is 12.5. The van der Waals surface area contributed by atoms with Crippen LogP contribution in [0.15, 0.2) is 271 Å². The Morgan fingerprint density at radius 1 is 0.286 bits per heavy atom. The van der Waals surface area contributed by atoms with Gasteiger partial charge in [-0.1, -0.05) is 206 Å². The average molecular weight is 909 g/mol. The Kier molecular flexibility index (Phi) is 9.23. The normalized spacial score (nSPS) is 12.0. The van der Waals surface area contributed by atoms with Gasteiger partial charge in [0.05, 0.1) is 27.8 Å². The molecule has 3 heterocycles. The van der Waals surface area contributed by atoms with E-state index in [9.17, 15) is 0 Å². The number of fused-ring (bicyclic) bond motifs is 9. The highest BCUT2D eigenvalue weighted by atomic mass is 28.3. The first-order valence-electron chi connectivity index (χ1n) is 24.1. The lowest BCUT2D eigenvalue weighted by Gasteiger charge is -2.34. The molecule has 3 aromatic heterocycles. The van der Waals surface area contributed by atoms with Crippen LogP contribution in [0.4, 0.5) is 0 Å². The second kappa shape index (κ2) is 16.1. The van der Waals surface area contributed by atoms with Gasteiger partial charge in [0.1, 0.15) is 11.2 Å². The zero-order valence-corrected chi connectivity index (χ0v) is 39.2. The van der Waals surface area contributed by atoms with E-state index in [1.54, 1.807) is 0 Å². The van der Waals surface area contributed by atoms with E-state index in [4.69, 9.17) is 4.42 Å². The van der Waals surface area contributed by atoms with Crippen LogP contribution in [0.25, 0.3) is 99.2 Å². The molecule has 0 aliphatic heterocycles. The van der Waals surface area contributed by atoms with Crippen molar-refractivity contribution in [3.63, 3.8) is 0 Å². The highest BCUT2D eigenvalue weighted by Crippen LogP contribution is 2.43. The fourth-order valence-electron chi connectivity index (χ4n) is 11.7. The molecule has 0 unspecified atom stereocenters. The summed E-state index contributed by atoms with van der Waals surface area (Å²) in [5.74, 6) is 0. The largest absolute Gasteiger partial charge is 0.456 e. The van der Waals surface area contributed by atoms with E-state index in [2.05, 4.69) is 270 Å². The second-order valence-electron chi connectivity index (χ2n) is 18.4. The number of benzene rings is 11. The second-order valence-corrected chi connectivity index (χ2v) is 22.2. The van der Waals surface area contributed by atoms with Crippen molar-refractivity contribution >= 4 is 94.4 Å². The number of nitrogens with zero attached hydrogens (tertiary/aromatic N) is 2. The molecular formula is C66H44N2OSi. The maximum absolute atomic E-state index is 6.43. The lowest BCUT2D eigenvalue weighted by atomic mass is 9.96. The summed E-state index contributed by atoms with van der Waals surface area (Å²) in [6.45, 7) is 0. The van der Waals surface area contributed by atoms with E-state index in [1.807, 2.05) is 6.07 Å². The zero-order valence-electron chi connectivity index (χ0n) is 38.2. The van der Waals surface area contributed by atoms with E-state index in [0.29, 0.717) is 0 Å². The third-order valence-corrected chi connectivity index (χ3v) is 19.4. The predicted molar refractivity (Wildman–Crippen MR) is 297 cm³/mol. The van der Waals surface area contributed by atoms with E-state index in [0.717, 1.165) is 38.8 Å². The summed E-state index contributed by atoms with van der Waals surface area (Å²) in [6, 6.07) is 98.3. The van der Waals surface area contributed by atoms with Crippen molar-refractivity contribution in [2.45, 2.75) is 0 Å². The summed E-state index contributed by atoms with van der Waals surface area (Å²) in [5.41, 5.74) is 13.6. The van der Waals surface area contributed by atoms with Gasteiger partial charge in [0, 0.05) is 38.0 Å². The van der Waals surface area contributed by atoms with Gasteiger partial charge < -0.3 is 13.6 Å². The number of furan rings is 1. The lowest BCUT2D eigenvalue weighted by Crippen LogP contribution is -2.74. The number of rotatable bonds is 8. The van der Waals surface area contributed by atoms with Crippen molar-refractivity contribution in [1.29, 1.82) is 0 Å². The van der Waals surface area contributed by atoms with Crippen LogP contribution in [0.2, 0.25) is 0 Å². The standard InChI is InChI=1S/C66H44N2OSi/c1-4-20-45(21-5-1)46-22-16-23-47(42-46)53-33-18-36-60-65(53)55-31-10-14-35-59(55)68(60)62-38-19-37-61-66(62)56-32-11-13-34-58(56)67(61)48-24-17-29-51(43-48)70(49-25-6-2-7-26-49,50-27-8-3-9-28-50)52-40-41-64-57(44-52)54-30-12-15-39-63(54)69-64/h1-44H. The van der Waals surface area contributed by atoms with Gasteiger partial charge in [-0.3, -0.25) is 0 Å². The summed E-state index contributed by atoms with van der Waals surface area (Å²) >= 11 is 0. The summed E-state index contributed by atoms with van der Waals surface area (Å²) in [7, 11) is -2.99. The zero-order chi connectivity index (χ0) is 46.2. The molecule has 0 saturated carbocycles. The minimum atomic E-state index is -2.99. The molecule has 0 saturated heterocycles. The molecule has 11 aromatic carbocycles. The van der Waals surface area contributed by atoms with Gasteiger partial charge in [0.15, 0.2) is 8.07 Å². The van der Waals surface area contributed by atoms with Crippen molar-refractivity contribution < 1.29 is 4.42 Å². The molecule has 0 atom stereocenters. The molecule has 0 radical (unpaired) electrons. The predicted octanol–water partition coefficient (Wildman–Crippen LogP) is 14.5. The number of para-hydroxylation sites is 3. The number of hydrogen-bond acceptors (Lipinski definition) is 1. The van der Waals surface area contributed by atoms with Crippen molar-refractivity contribution in [3.8, 4) is 33.6 Å². The maximum Gasteiger partial charge on any atom is 0.179 e. The molecule has 3 nitrogen and oxygen atoms in total. The topological polar surface area (TPSA) is 23.0 Å². The van der Waals surface area contributed by atoms with Crippen molar-refractivity contribution in [2.24, 2.45) is 0 Å². The molecular weight excluding hydrogens is 865 g/mol. The van der Waals surface area contributed by atoms with Crippen LogP contribution in [0, 0.1) is 0 Å². The Bertz CT molecular complexity index is 4260. The molecule has 0 fully saturated rings. The first-order chi connectivity index (χ1) is 34.7. The third-order valence-electron chi connectivity index (χ3n) is 14.7. The van der Waals surface area contributed by atoms with Crippen LogP contribution in [-0.4, -0.2) is 17.2 Å². The molecule has 0 aliphatic carbocycles. The number of aromatic nitrogens is 2. The molecule has 4 heteroatoms. The Morgan fingerprint density at radius 2 is 0.800 bits per heavy atom. The van der Waals surface area contributed by atoms with E-state index >= 15 is 0 Å². The average Bonchev–Trinajstić information content (AvgIpc) is 4.10. The Labute approximate surface area is 406 Å². The van der Waals surface area contributed by atoms with Gasteiger partial charge in [-0.15, -0.1) is 0 Å². The van der Waals surface area contributed by atoms with Crippen LogP contribution in [0.5, 0.6) is 0 Å². The van der Waals surface area contributed by atoms with Crippen LogP contribution in [0.1, 0.15) is 0 Å². The Hall–Kier alpha value is -8.96. The fraction of sp³-hybridized carbons (Fsp3) is 0. The van der Waals surface area contributed by atoms with Crippen molar-refractivity contribution in [2.75, 3.05) is 0 Å². The van der Waals surface area contributed by atoms with Crippen LogP contribution in [-0.2, 0) is 0 Å². The van der Waals surface area contributed by atoms with Gasteiger partial charge in [-0.2, -0.15) is 0 Å². The molecule has 14 rings (SSSR count). The van der Waals surface area contributed by atoms with Crippen molar-refractivity contribution in [3.05, 3.63) is 267 Å². The molecule has 14 aromatic rings. The smallest absolute Gasteiger partial charge is 0.179 e. The first kappa shape index (κ1) is 40.1. The SMILES string of the molecule is c1ccc(-c2cccc(-c3cccc4c3c3ccccc3n4-c3cccc4c3c3ccccc3n4-c3cccc([Si](c4ccccc4)(c4ccccc4)c4ccc5oc6ccccc6c5c4)c3)c2)cc1. The minimum absolute atomic E-state index is 0.903. The highest BCUT2D eigenvalue weighted by molar-refractivity contribution is 7.20. The van der Waals surface area contributed by atoms with Gasteiger partial charge in [0.2, 0.25) is 0 Å². The molecule has 0 N–H and O–H groups in total. The fourth-order valence-corrected chi connectivity index (χ4v) is 16.5. The molecule has 70 heavy (non-hydrogen) atoms. The maximum atomic E-state index is 6.43. The van der Waals surface area contributed by atoms with E-state index in [-0.39, 0.29) is 0 Å². The Balaban J connectivity index is 1.01. The summed E-state index contributed by atoms with van der Waals surface area (Å²) in [6.07, 6.45) is 0. The molecule has 0 amide bonds. The van der Waals surface area contributed by atoms with Gasteiger partial charge in [-0.05, 0) is 104 Å². The first-order valence-corrected chi connectivity index (χ1v) is 26.1. The van der Waals surface area contributed by atoms with Crippen molar-refractivity contribution in [1.82, 2.24) is 9.13 Å². The van der Waals surface area contributed by atoms with Gasteiger partial charge in [-0.25, -0.2) is 0 Å². The third kappa shape index (κ3) is 6.07. The lowest BCUT2D eigenvalue weighted by molar-refractivity contribution is 0.669. The molecule has 0 bridgehead atoms. The molecule has 328 valence electrons. The van der Waals surface area contributed by atoms with E-state index < -0.39 is 8.07 Å². The highest BCUT2D eigenvalue weighted by Gasteiger charge is 2.42. The van der Waals surface area contributed by atoms with Crippen LogP contribution in [0.3, 0.4) is 0 Å². The van der Waals surface area contributed by atoms with E-state index in [1.165, 1.54) is 81.1 Å². The summed E-state index contributed by atoms with van der Waals surface area (Å²) in [4.78, 5) is 0. The number of hydrogen-bond donors (Lipinski definition) is 0. The van der Waals surface area contributed by atoms with Gasteiger partial charge >= 0.3 is 0 Å². The minimum Gasteiger partial charge on any atom is -0.456 e. The molecule has 0 aliphatic rings. The summed E-state index contributed by atoms with van der Waals surface area (Å²) < 4.78 is 11.4. The molecule has 0 spiro atoms. The van der Waals surface area contributed by atoms with Crippen LogP contribution < -0.4 is 20.7 Å². The quantitative estimate of drug-likeness (QED) is 0.110. The monoisotopic (exact) mass is 908 g/mol. The van der Waals surface area contributed by atoms with Crippen LogP contribution >= 0.6 is 0 Å².